The van der Waals surface area contributed by atoms with Crippen LogP contribution < -0.4 is 0 Å². The van der Waals surface area contributed by atoms with Gasteiger partial charge in [-0.25, -0.2) is 8.42 Å². The molecule has 5 heteroatoms. The highest BCUT2D eigenvalue weighted by molar-refractivity contribution is 7.86. The normalized spacial score (nSPS) is 12.7. The third-order valence-corrected chi connectivity index (χ3v) is 11.4. The van der Waals surface area contributed by atoms with Crippen molar-refractivity contribution in [3.8, 4) is 0 Å². The van der Waals surface area contributed by atoms with Crippen LogP contribution in [-0.4, -0.2) is 48.9 Å². The van der Waals surface area contributed by atoms with E-state index in [0.29, 0.717) is 12.8 Å². The quantitative estimate of drug-likeness (QED) is 0.0421. The van der Waals surface area contributed by atoms with Crippen molar-refractivity contribution in [3.63, 3.8) is 0 Å². The molecule has 43 heavy (non-hydrogen) atoms. The maximum absolute atomic E-state index is 11.6. The topological polar surface area (TPSA) is 57.2 Å². The average molecular weight is 632 g/mol. The molecule has 0 aliphatic heterocycles. The second-order valence-corrected chi connectivity index (χ2v) is 15.1. The molecule has 4 nitrogen and oxygen atoms in total. The lowest BCUT2D eigenvalue weighted by molar-refractivity contribution is -0.921. The molecule has 0 saturated heterocycles. The molecule has 1 unspecified atom stereocenters. The third kappa shape index (κ3) is 30.3. The summed E-state index contributed by atoms with van der Waals surface area (Å²) in [7, 11) is -4.14. The predicted octanol–water partition coefficient (Wildman–Crippen LogP) is 12.4. The molecule has 0 saturated carbocycles. The van der Waals surface area contributed by atoms with Gasteiger partial charge < -0.3 is 9.04 Å². The molecule has 0 fully saturated rings. The molecule has 0 aromatic carbocycles. The minimum absolute atomic E-state index is 0.568. The Bertz CT molecular complexity index is 616. The second-order valence-electron chi connectivity index (χ2n) is 13.4. The molecule has 0 heterocycles. The first-order valence-electron chi connectivity index (χ1n) is 19.6. The van der Waals surface area contributed by atoms with Crippen LogP contribution >= 0.6 is 0 Å². The van der Waals surface area contributed by atoms with Crippen LogP contribution in [0.1, 0.15) is 215 Å². The summed E-state index contributed by atoms with van der Waals surface area (Å²) in [5.41, 5.74) is 0. The Morgan fingerprint density at radius 1 is 0.395 bits per heavy atom. The van der Waals surface area contributed by atoms with E-state index in [1.807, 2.05) is 0 Å². The largest absolute Gasteiger partial charge is 0.748 e. The Hall–Kier alpha value is -0.130. The van der Waals surface area contributed by atoms with Gasteiger partial charge in [-0.15, -0.1) is 0 Å². The zero-order valence-corrected chi connectivity index (χ0v) is 31.4. The van der Waals surface area contributed by atoms with Crippen molar-refractivity contribution in [2.45, 2.75) is 220 Å². The van der Waals surface area contributed by atoms with E-state index in [4.69, 9.17) is 0 Å². The van der Waals surface area contributed by atoms with Gasteiger partial charge >= 0.3 is 0 Å². The fourth-order valence-electron chi connectivity index (χ4n) is 6.38. The highest BCUT2D eigenvalue weighted by Gasteiger charge is 2.16. The number of unbranched alkanes of at least 4 members (excludes halogenated alkanes) is 23. The highest BCUT2D eigenvalue weighted by Crippen LogP contribution is 2.20. The number of nitrogens with zero attached hydrogens (tertiary/aromatic N) is 1. The molecule has 0 rings (SSSR count). The Labute approximate surface area is 273 Å². The summed E-state index contributed by atoms with van der Waals surface area (Å²) in [4.78, 5) is 0. The SMILES string of the molecule is CCCCCCCCCCCCCCCCCCCCC(CCCCCCCCC)S(=O)(=O)[O-].CC[N+](CC)(CC)CC. The lowest BCUT2D eigenvalue weighted by atomic mass is 10.0. The van der Waals surface area contributed by atoms with E-state index < -0.39 is 15.4 Å². The van der Waals surface area contributed by atoms with Gasteiger partial charge in [0, 0.05) is 5.25 Å². The Balaban J connectivity index is 0. The van der Waals surface area contributed by atoms with Gasteiger partial charge in [-0.2, -0.15) is 0 Å². The Morgan fingerprint density at radius 3 is 0.767 bits per heavy atom. The monoisotopic (exact) mass is 632 g/mol. The van der Waals surface area contributed by atoms with E-state index in [1.165, 1.54) is 165 Å². The van der Waals surface area contributed by atoms with Gasteiger partial charge in [0.05, 0.1) is 36.3 Å². The summed E-state index contributed by atoms with van der Waals surface area (Å²) >= 11 is 0. The summed E-state index contributed by atoms with van der Waals surface area (Å²) in [6, 6.07) is 0. The summed E-state index contributed by atoms with van der Waals surface area (Å²) in [6.45, 7) is 18.7. The highest BCUT2D eigenvalue weighted by atomic mass is 32.2. The first-order chi connectivity index (χ1) is 20.8. The van der Waals surface area contributed by atoms with Crippen LogP contribution in [0.15, 0.2) is 0 Å². The molecule has 1 atom stereocenters. The lowest BCUT2D eigenvalue weighted by Crippen LogP contribution is -2.47. The van der Waals surface area contributed by atoms with Crippen molar-refractivity contribution in [1.82, 2.24) is 0 Å². The van der Waals surface area contributed by atoms with Gasteiger partial charge in [0.25, 0.3) is 0 Å². The third-order valence-electron chi connectivity index (χ3n) is 10.1. The van der Waals surface area contributed by atoms with E-state index in [2.05, 4.69) is 41.5 Å². The molecule has 0 aromatic heterocycles. The average Bonchev–Trinajstić information content (AvgIpc) is 3.00. The van der Waals surface area contributed by atoms with Gasteiger partial charge in [0.1, 0.15) is 0 Å². The summed E-state index contributed by atoms with van der Waals surface area (Å²) < 4.78 is 36.1. The van der Waals surface area contributed by atoms with Crippen molar-refractivity contribution in [1.29, 1.82) is 0 Å². The molecule has 262 valence electrons. The van der Waals surface area contributed by atoms with Crippen LogP contribution in [0.4, 0.5) is 0 Å². The first kappa shape index (κ1) is 45.0. The zero-order chi connectivity index (χ0) is 32.5. The first-order valence-corrected chi connectivity index (χ1v) is 21.0. The fraction of sp³-hybridized carbons (Fsp3) is 1.00. The zero-order valence-electron chi connectivity index (χ0n) is 30.6. The summed E-state index contributed by atoms with van der Waals surface area (Å²) in [6.07, 6.45) is 33.3. The molecular weight excluding hydrogens is 550 g/mol. The summed E-state index contributed by atoms with van der Waals surface area (Å²) in [5.74, 6) is 0. The lowest BCUT2D eigenvalue weighted by Gasteiger charge is -2.34. The van der Waals surface area contributed by atoms with Gasteiger partial charge in [-0.05, 0) is 40.5 Å². The minimum atomic E-state index is -4.14. The molecule has 0 aliphatic carbocycles. The van der Waals surface area contributed by atoms with Crippen LogP contribution in [0.3, 0.4) is 0 Å². The van der Waals surface area contributed by atoms with Crippen molar-refractivity contribution in [3.05, 3.63) is 0 Å². The van der Waals surface area contributed by atoms with Crippen molar-refractivity contribution in [2.75, 3.05) is 26.2 Å². The molecule has 0 bridgehead atoms. The van der Waals surface area contributed by atoms with Gasteiger partial charge in [0.2, 0.25) is 0 Å². The molecule has 0 aromatic rings. The molecule has 0 aliphatic rings. The van der Waals surface area contributed by atoms with E-state index >= 15 is 0 Å². The standard InChI is InChI=1S/C30H62O3S.C8H20N/c1-3-5-7-9-11-12-13-14-15-16-17-18-19-20-21-23-25-27-29-30(34(31,32)33)28-26-24-22-10-8-6-4-2;1-5-9(6-2,7-3)8-4/h30H,3-29H2,1-2H3,(H,31,32,33);5-8H2,1-4H3/q;+1/p-1. The van der Waals surface area contributed by atoms with Crippen molar-refractivity contribution in [2.24, 2.45) is 0 Å². The van der Waals surface area contributed by atoms with Crippen LogP contribution in [-0.2, 0) is 10.1 Å². The molecular formula is C38H81NO3S. The van der Waals surface area contributed by atoms with Crippen LogP contribution in [0.2, 0.25) is 0 Å². The van der Waals surface area contributed by atoms with Crippen molar-refractivity contribution < 1.29 is 17.5 Å². The summed E-state index contributed by atoms with van der Waals surface area (Å²) in [5, 5.41) is -0.649. The fourth-order valence-corrected chi connectivity index (χ4v) is 7.29. The number of hydrogen-bond acceptors (Lipinski definition) is 3. The maximum Gasteiger partial charge on any atom is 0.0975 e. The second kappa shape index (κ2) is 33.2. The van der Waals surface area contributed by atoms with Crippen LogP contribution in [0, 0.1) is 0 Å². The van der Waals surface area contributed by atoms with Gasteiger partial charge in [0.15, 0.2) is 0 Å². The molecule has 0 N–H and O–H groups in total. The minimum Gasteiger partial charge on any atom is -0.748 e. The van der Waals surface area contributed by atoms with Crippen LogP contribution in [0.5, 0.6) is 0 Å². The van der Waals surface area contributed by atoms with E-state index in [0.717, 1.165) is 25.7 Å². The maximum atomic E-state index is 11.6. The predicted molar refractivity (Wildman–Crippen MR) is 192 cm³/mol. The number of rotatable bonds is 32. The Kier molecular flexibility index (Phi) is 34.8. The molecule has 0 amide bonds. The van der Waals surface area contributed by atoms with E-state index in [1.54, 1.807) is 0 Å². The van der Waals surface area contributed by atoms with Gasteiger partial charge in [-0.1, -0.05) is 174 Å². The van der Waals surface area contributed by atoms with E-state index in [-0.39, 0.29) is 0 Å². The van der Waals surface area contributed by atoms with Gasteiger partial charge in [-0.3, -0.25) is 0 Å². The number of hydrogen-bond donors (Lipinski definition) is 0. The molecule has 0 spiro atoms. The number of quaternary nitrogens is 1. The Morgan fingerprint density at radius 2 is 0.605 bits per heavy atom. The van der Waals surface area contributed by atoms with Crippen LogP contribution in [0.25, 0.3) is 0 Å². The van der Waals surface area contributed by atoms with Crippen molar-refractivity contribution >= 4 is 10.1 Å². The van der Waals surface area contributed by atoms with E-state index in [9.17, 15) is 13.0 Å². The smallest absolute Gasteiger partial charge is 0.0975 e. The molecule has 0 radical (unpaired) electrons.